The molecule has 0 fully saturated rings. The molecular weight excluding hydrogens is 280 g/mol. The van der Waals surface area contributed by atoms with Gasteiger partial charge in [-0.3, -0.25) is 0 Å². The minimum Gasteiger partial charge on any atom is -0.462 e. The van der Waals surface area contributed by atoms with Gasteiger partial charge in [0.05, 0.1) is 13.2 Å². The summed E-state index contributed by atoms with van der Waals surface area (Å²) in [5.41, 5.74) is 0.0625. The summed E-state index contributed by atoms with van der Waals surface area (Å²) in [6, 6.07) is 0. The zero-order chi connectivity index (χ0) is 16.8. The van der Waals surface area contributed by atoms with Gasteiger partial charge in [0.2, 0.25) is 0 Å². The van der Waals surface area contributed by atoms with Crippen LogP contribution in [0.15, 0.2) is 11.6 Å². The van der Waals surface area contributed by atoms with Gasteiger partial charge in [0.15, 0.2) is 0 Å². The number of esters is 2. The van der Waals surface area contributed by atoms with E-state index in [0.717, 1.165) is 44.9 Å². The van der Waals surface area contributed by atoms with Crippen molar-refractivity contribution in [2.45, 2.75) is 72.6 Å². The summed E-state index contributed by atoms with van der Waals surface area (Å²) in [6.07, 6.45) is 8.09. The van der Waals surface area contributed by atoms with Crippen LogP contribution in [0.3, 0.4) is 0 Å². The van der Waals surface area contributed by atoms with Crippen LogP contribution in [-0.2, 0) is 19.1 Å². The molecular formula is C18H32O4. The average molecular weight is 312 g/mol. The number of carbonyl (C=O) groups is 2. The van der Waals surface area contributed by atoms with E-state index in [-0.39, 0.29) is 11.5 Å². The number of carbonyl (C=O) groups excluding carboxylic acids is 2. The number of unbranched alkanes of at least 4 members (excludes halogenated alkanes) is 2. The molecule has 0 aliphatic heterocycles. The maximum atomic E-state index is 12.2. The molecule has 0 aliphatic carbocycles. The van der Waals surface area contributed by atoms with Crippen molar-refractivity contribution < 1.29 is 19.1 Å². The Morgan fingerprint density at radius 1 is 0.864 bits per heavy atom. The van der Waals surface area contributed by atoms with E-state index >= 15 is 0 Å². The van der Waals surface area contributed by atoms with Crippen LogP contribution < -0.4 is 0 Å². The molecule has 0 amide bonds. The van der Waals surface area contributed by atoms with Gasteiger partial charge in [-0.15, -0.1) is 0 Å². The molecule has 0 aromatic heterocycles. The molecule has 4 heteroatoms. The maximum Gasteiger partial charge on any atom is 0.345 e. The largest absolute Gasteiger partial charge is 0.462 e. The zero-order valence-electron chi connectivity index (χ0n) is 14.7. The number of allylic oxidation sites excluding steroid dienone is 1. The van der Waals surface area contributed by atoms with E-state index in [1.54, 1.807) is 6.08 Å². The first-order valence-electron chi connectivity index (χ1n) is 8.66. The van der Waals surface area contributed by atoms with E-state index in [1.165, 1.54) is 0 Å². The molecule has 0 N–H and O–H groups in total. The summed E-state index contributed by atoms with van der Waals surface area (Å²) >= 11 is 0. The Morgan fingerprint density at radius 3 is 1.73 bits per heavy atom. The molecule has 1 unspecified atom stereocenters. The summed E-state index contributed by atoms with van der Waals surface area (Å²) in [7, 11) is 0. The lowest BCUT2D eigenvalue weighted by Crippen LogP contribution is -2.20. The quantitative estimate of drug-likeness (QED) is 0.176. The van der Waals surface area contributed by atoms with Crippen molar-refractivity contribution in [3.8, 4) is 0 Å². The fourth-order valence-electron chi connectivity index (χ4n) is 2.01. The third-order valence-corrected chi connectivity index (χ3v) is 3.49. The smallest absolute Gasteiger partial charge is 0.345 e. The molecule has 0 heterocycles. The average Bonchev–Trinajstić information content (AvgIpc) is 2.51. The van der Waals surface area contributed by atoms with Gasteiger partial charge in [-0.2, -0.15) is 0 Å². The van der Waals surface area contributed by atoms with Crippen molar-refractivity contribution in [1.29, 1.82) is 0 Å². The van der Waals surface area contributed by atoms with Crippen molar-refractivity contribution in [1.82, 2.24) is 0 Å². The molecule has 128 valence electrons. The minimum atomic E-state index is -0.551. The zero-order valence-corrected chi connectivity index (χ0v) is 14.7. The van der Waals surface area contributed by atoms with Crippen LogP contribution in [0.25, 0.3) is 0 Å². The Kier molecular flexibility index (Phi) is 12.5. The lowest BCUT2D eigenvalue weighted by molar-refractivity contribution is -0.147. The number of hydrogen-bond donors (Lipinski definition) is 0. The van der Waals surface area contributed by atoms with Crippen LogP contribution in [0.2, 0.25) is 0 Å². The lowest BCUT2D eigenvalue weighted by Gasteiger charge is -2.13. The van der Waals surface area contributed by atoms with Crippen LogP contribution in [0.4, 0.5) is 0 Å². The second-order valence-corrected chi connectivity index (χ2v) is 5.52. The van der Waals surface area contributed by atoms with E-state index < -0.39 is 11.9 Å². The van der Waals surface area contributed by atoms with E-state index in [4.69, 9.17) is 9.47 Å². The second kappa shape index (κ2) is 13.4. The van der Waals surface area contributed by atoms with Gasteiger partial charge in [0.25, 0.3) is 0 Å². The fraction of sp³-hybridized carbons (Fsp3) is 0.778. The highest BCUT2D eigenvalue weighted by atomic mass is 16.6. The SMILES string of the molecule is CCCCOC(=O)C(=CC(CC)CCC)C(=O)OCCCC. The molecule has 22 heavy (non-hydrogen) atoms. The van der Waals surface area contributed by atoms with Gasteiger partial charge in [0, 0.05) is 0 Å². The van der Waals surface area contributed by atoms with Gasteiger partial charge in [-0.1, -0.05) is 53.0 Å². The third-order valence-electron chi connectivity index (χ3n) is 3.49. The number of hydrogen-bond acceptors (Lipinski definition) is 4. The Morgan fingerprint density at radius 2 is 1.36 bits per heavy atom. The van der Waals surface area contributed by atoms with Crippen molar-refractivity contribution in [2.75, 3.05) is 13.2 Å². The normalized spacial score (nSPS) is 11.6. The van der Waals surface area contributed by atoms with Gasteiger partial charge < -0.3 is 9.47 Å². The molecule has 0 bridgehead atoms. The van der Waals surface area contributed by atoms with Crippen LogP contribution in [-0.4, -0.2) is 25.2 Å². The van der Waals surface area contributed by atoms with E-state index in [1.807, 2.05) is 13.8 Å². The summed E-state index contributed by atoms with van der Waals surface area (Å²) < 4.78 is 10.4. The Balaban J connectivity index is 4.90. The van der Waals surface area contributed by atoms with Crippen molar-refractivity contribution in [3.05, 3.63) is 11.6 Å². The summed E-state index contributed by atoms with van der Waals surface area (Å²) in [4.78, 5) is 24.3. The predicted octanol–water partition coefficient (Wildman–Crippen LogP) is 4.43. The van der Waals surface area contributed by atoms with Crippen LogP contribution >= 0.6 is 0 Å². The van der Waals surface area contributed by atoms with Crippen molar-refractivity contribution in [2.24, 2.45) is 5.92 Å². The van der Waals surface area contributed by atoms with Gasteiger partial charge >= 0.3 is 11.9 Å². The van der Waals surface area contributed by atoms with Crippen LogP contribution in [0, 0.1) is 5.92 Å². The third kappa shape index (κ3) is 8.85. The minimum absolute atomic E-state index is 0.0625. The summed E-state index contributed by atoms with van der Waals surface area (Å²) in [6.45, 7) is 8.89. The summed E-state index contributed by atoms with van der Waals surface area (Å²) in [5.74, 6) is -0.897. The van der Waals surface area contributed by atoms with E-state index in [0.29, 0.717) is 13.2 Å². The molecule has 0 aromatic rings. The first kappa shape index (κ1) is 20.7. The first-order valence-corrected chi connectivity index (χ1v) is 8.66. The van der Waals surface area contributed by atoms with Crippen LogP contribution in [0.5, 0.6) is 0 Å². The highest BCUT2D eigenvalue weighted by molar-refractivity contribution is 6.14. The van der Waals surface area contributed by atoms with Gasteiger partial charge in [-0.05, 0) is 31.6 Å². The highest BCUT2D eigenvalue weighted by Crippen LogP contribution is 2.17. The molecule has 0 rings (SSSR count). The number of rotatable bonds is 12. The molecule has 0 aromatic carbocycles. The topological polar surface area (TPSA) is 52.6 Å². The molecule has 4 nitrogen and oxygen atoms in total. The van der Waals surface area contributed by atoms with E-state index in [9.17, 15) is 9.59 Å². The summed E-state index contributed by atoms with van der Waals surface area (Å²) in [5, 5.41) is 0. The number of ether oxygens (including phenoxy) is 2. The van der Waals surface area contributed by atoms with Crippen molar-refractivity contribution in [3.63, 3.8) is 0 Å². The van der Waals surface area contributed by atoms with Crippen molar-refractivity contribution >= 4 is 11.9 Å². The molecule has 0 aliphatic rings. The molecule has 0 radical (unpaired) electrons. The first-order chi connectivity index (χ1) is 10.6. The highest BCUT2D eigenvalue weighted by Gasteiger charge is 2.22. The monoisotopic (exact) mass is 312 g/mol. The van der Waals surface area contributed by atoms with Gasteiger partial charge in [-0.25, -0.2) is 9.59 Å². The fourth-order valence-corrected chi connectivity index (χ4v) is 2.01. The predicted molar refractivity (Wildman–Crippen MR) is 88.5 cm³/mol. The standard InChI is InChI=1S/C18H32O4/c1-5-9-12-21-17(19)16(14-15(8-4)11-7-3)18(20)22-13-10-6-2/h14-15H,5-13H2,1-4H3. The maximum absolute atomic E-state index is 12.2. The molecule has 0 saturated carbocycles. The Labute approximate surface area is 135 Å². The molecule has 0 saturated heterocycles. The van der Waals surface area contributed by atoms with E-state index in [2.05, 4.69) is 13.8 Å². The molecule has 1 atom stereocenters. The van der Waals surface area contributed by atoms with Crippen LogP contribution in [0.1, 0.15) is 72.6 Å². The molecule has 0 spiro atoms. The lowest BCUT2D eigenvalue weighted by atomic mass is 9.97. The Hall–Kier alpha value is -1.32. The second-order valence-electron chi connectivity index (χ2n) is 5.52. The Bertz CT molecular complexity index is 323. The van der Waals surface area contributed by atoms with Gasteiger partial charge in [0.1, 0.15) is 5.57 Å².